The molecule has 1 amide bonds. The molecule has 0 aromatic heterocycles. The van der Waals surface area contributed by atoms with Crippen LogP contribution >= 0.6 is 0 Å². The predicted molar refractivity (Wildman–Crippen MR) is 97.7 cm³/mol. The third-order valence-electron chi connectivity index (χ3n) is 4.44. The second kappa shape index (κ2) is 9.26. The van der Waals surface area contributed by atoms with Gasteiger partial charge in [0.1, 0.15) is 5.75 Å². The summed E-state index contributed by atoms with van der Waals surface area (Å²) >= 11 is 0. The largest absolute Gasteiger partial charge is 0.490 e. The number of halogens is 3. The zero-order chi connectivity index (χ0) is 20.7. The van der Waals surface area contributed by atoms with Crippen LogP contribution in [-0.4, -0.2) is 31.3 Å². The highest BCUT2D eigenvalue weighted by Gasteiger charge is 2.34. The summed E-state index contributed by atoms with van der Waals surface area (Å²) in [5, 5.41) is 11.7. The number of alkyl halides is 3. The standard InChI is InChI=1S/C19H21F3N4O2/c1-25-11-13(10-24)18(27)26-14-3-6-15(7-4-14)28-16-5-2-12(9-23)17(8-16)19(20,21)22/h2,5,8,10-11,14-15H,3-4,6-7,24H2,1H3,(H,26,27). The molecule has 1 aliphatic rings. The van der Waals surface area contributed by atoms with Crippen LogP contribution in [0.5, 0.6) is 5.75 Å². The van der Waals surface area contributed by atoms with Gasteiger partial charge >= 0.3 is 6.18 Å². The first kappa shape index (κ1) is 21.3. The third-order valence-corrected chi connectivity index (χ3v) is 4.44. The Labute approximate surface area is 160 Å². The molecule has 6 nitrogen and oxygen atoms in total. The number of amides is 1. The highest BCUT2D eigenvalue weighted by molar-refractivity contribution is 6.12. The minimum atomic E-state index is -4.62. The van der Waals surface area contributed by atoms with E-state index in [9.17, 15) is 18.0 Å². The van der Waals surface area contributed by atoms with Crippen LogP contribution in [-0.2, 0) is 11.0 Å². The van der Waals surface area contributed by atoms with Crippen molar-refractivity contribution >= 4 is 12.1 Å². The third kappa shape index (κ3) is 5.49. The van der Waals surface area contributed by atoms with Crippen LogP contribution in [0.3, 0.4) is 0 Å². The fourth-order valence-corrected chi connectivity index (χ4v) is 3.03. The fraction of sp³-hybridized carbons (Fsp3) is 0.421. The molecule has 0 aliphatic heterocycles. The number of nitrogens with zero attached hydrogens (tertiary/aromatic N) is 2. The van der Waals surface area contributed by atoms with E-state index >= 15 is 0 Å². The molecule has 1 fully saturated rings. The highest BCUT2D eigenvalue weighted by Crippen LogP contribution is 2.35. The van der Waals surface area contributed by atoms with Crippen molar-refractivity contribution in [2.24, 2.45) is 10.7 Å². The lowest BCUT2D eigenvalue weighted by molar-refractivity contribution is -0.138. The average molecular weight is 394 g/mol. The Morgan fingerprint density at radius 2 is 2.04 bits per heavy atom. The smallest absolute Gasteiger partial charge is 0.417 e. The van der Waals surface area contributed by atoms with Crippen molar-refractivity contribution in [3.63, 3.8) is 0 Å². The Bertz CT molecular complexity index is 804. The lowest BCUT2D eigenvalue weighted by Crippen LogP contribution is -2.40. The summed E-state index contributed by atoms with van der Waals surface area (Å²) in [6.07, 6.45) is 0.0744. The van der Waals surface area contributed by atoms with Gasteiger partial charge in [-0.15, -0.1) is 0 Å². The van der Waals surface area contributed by atoms with Crippen LogP contribution in [0, 0.1) is 11.3 Å². The lowest BCUT2D eigenvalue weighted by atomic mass is 9.92. The average Bonchev–Trinajstić information content (AvgIpc) is 2.66. The molecule has 0 unspecified atom stereocenters. The van der Waals surface area contributed by atoms with E-state index in [-0.39, 0.29) is 29.4 Å². The summed E-state index contributed by atoms with van der Waals surface area (Å²) in [6, 6.07) is 4.80. The van der Waals surface area contributed by atoms with Crippen molar-refractivity contribution in [1.29, 1.82) is 5.26 Å². The maximum Gasteiger partial charge on any atom is 0.417 e. The Kier molecular flexibility index (Phi) is 7.04. The molecule has 1 aromatic rings. The number of nitriles is 1. The topological polar surface area (TPSA) is 100 Å². The molecule has 0 heterocycles. The Morgan fingerprint density at radius 1 is 1.36 bits per heavy atom. The van der Waals surface area contributed by atoms with E-state index in [1.165, 1.54) is 25.5 Å². The molecule has 0 spiro atoms. The van der Waals surface area contributed by atoms with Crippen molar-refractivity contribution < 1.29 is 22.7 Å². The van der Waals surface area contributed by atoms with Crippen LogP contribution < -0.4 is 15.8 Å². The first-order chi connectivity index (χ1) is 13.3. The maximum atomic E-state index is 13.0. The van der Waals surface area contributed by atoms with Crippen molar-refractivity contribution in [2.45, 2.75) is 44.0 Å². The zero-order valence-electron chi connectivity index (χ0n) is 15.3. The molecule has 150 valence electrons. The van der Waals surface area contributed by atoms with Crippen molar-refractivity contribution in [3.05, 3.63) is 41.1 Å². The molecule has 0 bridgehead atoms. The summed E-state index contributed by atoms with van der Waals surface area (Å²) < 4.78 is 44.8. The van der Waals surface area contributed by atoms with E-state index < -0.39 is 17.3 Å². The van der Waals surface area contributed by atoms with E-state index in [0.717, 1.165) is 12.1 Å². The van der Waals surface area contributed by atoms with Gasteiger partial charge in [0, 0.05) is 25.5 Å². The summed E-state index contributed by atoms with van der Waals surface area (Å²) in [5.74, 6) is -0.245. The quantitative estimate of drug-likeness (QED) is 0.592. The van der Waals surface area contributed by atoms with Gasteiger partial charge in [0.25, 0.3) is 5.91 Å². The summed E-state index contributed by atoms with van der Waals surface area (Å²) in [5.41, 5.74) is 4.22. The lowest BCUT2D eigenvalue weighted by Gasteiger charge is -2.29. The Morgan fingerprint density at radius 3 is 2.57 bits per heavy atom. The van der Waals surface area contributed by atoms with Crippen molar-refractivity contribution in [2.75, 3.05) is 7.05 Å². The molecular formula is C19H21F3N4O2. The first-order valence-corrected chi connectivity index (χ1v) is 8.71. The molecule has 0 atom stereocenters. The maximum absolute atomic E-state index is 13.0. The molecule has 2 rings (SSSR count). The van der Waals surface area contributed by atoms with Crippen molar-refractivity contribution in [3.8, 4) is 11.8 Å². The molecule has 0 radical (unpaired) electrons. The molecule has 1 saturated carbocycles. The Balaban J connectivity index is 1.94. The molecule has 1 aromatic carbocycles. The molecule has 0 saturated heterocycles. The van der Waals surface area contributed by atoms with E-state index in [4.69, 9.17) is 15.7 Å². The van der Waals surface area contributed by atoms with Gasteiger partial charge in [0.05, 0.1) is 28.9 Å². The number of carbonyl (C=O) groups is 1. The monoisotopic (exact) mass is 394 g/mol. The van der Waals surface area contributed by atoms with E-state index in [1.54, 1.807) is 6.07 Å². The molecule has 28 heavy (non-hydrogen) atoms. The van der Waals surface area contributed by atoms with Crippen LogP contribution in [0.2, 0.25) is 0 Å². The van der Waals surface area contributed by atoms with Crippen LogP contribution in [0.1, 0.15) is 36.8 Å². The first-order valence-electron chi connectivity index (χ1n) is 8.71. The van der Waals surface area contributed by atoms with Gasteiger partial charge in [0.15, 0.2) is 0 Å². The Hall–Kier alpha value is -3.02. The summed E-state index contributed by atoms with van der Waals surface area (Å²) in [4.78, 5) is 15.8. The second-order valence-corrected chi connectivity index (χ2v) is 6.39. The number of rotatable bonds is 5. The van der Waals surface area contributed by atoms with Gasteiger partial charge in [-0.2, -0.15) is 18.4 Å². The van der Waals surface area contributed by atoms with E-state index in [1.807, 2.05) is 0 Å². The van der Waals surface area contributed by atoms with Gasteiger partial charge in [-0.05, 0) is 43.9 Å². The van der Waals surface area contributed by atoms with E-state index in [2.05, 4.69) is 10.3 Å². The number of aliphatic imine (C=N–C) groups is 1. The number of nitrogens with two attached hydrogens (primary N) is 1. The number of hydrogen-bond donors (Lipinski definition) is 2. The fourth-order valence-electron chi connectivity index (χ4n) is 3.03. The molecule has 3 N–H and O–H groups in total. The predicted octanol–water partition coefficient (Wildman–Crippen LogP) is 2.93. The van der Waals surface area contributed by atoms with Crippen LogP contribution in [0.15, 0.2) is 35.0 Å². The van der Waals surface area contributed by atoms with Gasteiger partial charge in [0.2, 0.25) is 0 Å². The molecule has 1 aliphatic carbocycles. The van der Waals surface area contributed by atoms with Gasteiger partial charge < -0.3 is 15.8 Å². The number of hydrogen-bond acceptors (Lipinski definition) is 5. The van der Waals surface area contributed by atoms with Gasteiger partial charge in [-0.25, -0.2) is 0 Å². The van der Waals surface area contributed by atoms with Crippen molar-refractivity contribution in [1.82, 2.24) is 5.32 Å². The van der Waals surface area contributed by atoms with E-state index in [0.29, 0.717) is 25.7 Å². The molecule has 9 heteroatoms. The summed E-state index contributed by atoms with van der Waals surface area (Å²) in [6.45, 7) is 0. The summed E-state index contributed by atoms with van der Waals surface area (Å²) in [7, 11) is 1.53. The number of benzene rings is 1. The van der Waals surface area contributed by atoms with Crippen LogP contribution in [0.4, 0.5) is 13.2 Å². The second-order valence-electron chi connectivity index (χ2n) is 6.39. The van der Waals surface area contributed by atoms with Gasteiger partial charge in [-0.3, -0.25) is 9.79 Å². The number of nitrogens with one attached hydrogen (secondary N) is 1. The minimum absolute atomic E-state index is 0.0701. The van der Waals surface area contributed by atoms with Crippen LogP contribution in [0.25, 0.3) is 0 Å². The minimum Gasteiger partial charge on any atom is -0.490 e. The number of carbonyl (C=O) groups excluding carboxylic acids is 1. The molecular weight excluding hydrogens is 373 g/mol. The van der Waals surface area contributed by atoms with Gasteiger partial charge in [-0.1, -0.05) is 0 Å². The zero-order valence-corrected chi connectivity index (χ0v) is 15.3. The SMILES string of the molecule is CN=CC(=CN)C(=O)NC1CCC(Oc2ccc(C#N)c(C(F)(F)F)c2)CC1. The number of ether oxygens (including phenoxy) is 1. The highest BCUT2D eigenvalue weighted by atomic mass is 19.4. The normalized spacial score (nSPS) is 20.6.